The third-order valence-electron chi connectivity index (χ3n) is 8.68. The zero-order valence-corrected chi connectivity index (χ0v) is 21.9. The number of aliphatic hydroxyl groups excluding tert-OH is 1. The van der Waals surface area contributed by atoms with E-state index in [9.17, 15) is 19.6 Å². The zero-order valence-electron chi connectivity index (χ0n) is 21.9. The third kappa shape index (κ3) is 5.30. The number of esters is 1. The van der Waals surface area contributed by atoms with E-state index in [1.54, 1.807) is 20.0 Å². The van der Waals surface area contributed by atoms with Crippen LogP contribution in [-0.4, -0.2) is 51.8 Å². The Morgan fingerprint density at radius 1 is 1.28 bits per heavy atom. The van der Waals surface area contributed by atoms with Crippen molar-refractivity contribution in [1.82, 2.24) is 4.98 Å². The van der Waals surface area contributed by atoms with E-state index >= 15 is 0 Å². The lowest BCUT2D eigenvalue weighted by Gasteiger charge is -2.44. The van der Waals surface area contributed by atoms with E-state index in [0.717, 1.165) is 29.7 Å². The molecular formula is C28H38N2O6. The second kappa shape index (κ2) is 10.1. The summed E-state index contributed by atoms with van der Waals surface area (Å²) in [4.78, 5) is 42.4. The minimum absolute atomic E-state index is 0.0605. The summed E-state index contributed by atoms with van der Waals surface area (Å²) in [6, 6.07) is 3.28. The molecule has 1 aliphatic carbocycles. The number of rotatable bonds is 3. The fraction of sp³-hybridized carbons (Fsp3) is 0.679. The number of Topliss-reactive ketones (excluding diaryl/α,β-unsaturated/α-hetero) is 1. The van der Waals surface area contributed by atoms with Gasteiger partial charge >= 0.3 is 5.97 Å². The Morgan fingerprint density at radius 3 is 2.69 bits per heavy atom. The molecule has 1 aromatic rings. The van der Waals surface area contributed by atoms with Gasteiger partial charge in [-0.25, -0.2) is 0 Å². The van der Waals surface area contributed by atoms with Gasteiger partial charge in [0.2, 0.25) is 0 Å². The highest BCUT2D eigenvalue weighted by Crippen LogP contribution is 2.48. The van der Waals surface area contributed by atoms with E-state index < -0.39 is 35.6 Å². The fourth-order valence-corrected chi connectivity index (χ4v) is 6.13. The maximum atomic E-state index is 13.2. The summed E-state index contributed by atoms with van der Waals surface area (Å²) >= 11 is 0. The number of pyridine rings is 1. The van der Waals surface area contributed by atoms with Crippen molar-refractivity contribution < 1.29 is 24.2 Å². The Hall–Kier alpha value is -2.45. The second-order valence-corrected chi connectivity index (χ2v) is 11.5. The number of nitrogens with zero attached hydrogens (tertiary/aromatic N) is 2. The van der Waals surface area contributed by atoms with Crippen LogP contribution in [0.1, 0.15) is 77.5 Å². The highest BCUT2D eigenvalue weighted by molar-refractivity contribution is 5.89. The van der Waals surface area contributed by atoms with E-state index in [4.69, 9.17) is 9.47 Å². The largest absolute Gasteiger partial charge is 0.458 e. The molecule has 4 rings (SSSR count). The lowest BCUT2D eigenvalue weighted by Crippen LogP contribution is -2.53. The maximum absolute atomic E-state index is 13.2. The molecule has 3 fully saturated rings. The van der Waals surface area contributed by atoms with Crippen LogP contribution >= 0.6 is 0 Å². The highest BCUT2D eigenvalue weighted by Gasteiger charge is 2.55. The normalized spacial score (nSPS) is 40.0. The van der Waals surface area contributed by atoms with E-state index in [1.165, 1.54) is 0 Å². The standard InChI is InChI=1S/C28H38N2O6/c1-16-8-9-20(29-15-16)11-17(2)21-12-23-28(5,36-23)10-6-7-19-14-27(4,22(31)13-24(32)35-21)26(33)18(3)25(19)30-34/h8-9,11,15,18-19,21-23,25,31H,6-7,10,12-14H2,1-5H3/b17-11+/t18-,19-,21+,22+,23+,25-,27-,28-/m1/s1. The van der Waals surface area contributed by atoms with Crippen molar-refractivity contribution in [2.75, 3.05) is 0 Å². The molecule has 1 N–H and O–H groups in total. The third-order valence-corrected chi connectivity index (χ3v) is 8.68. The summed E-state index contributed by atoms with van der Waals surface area (Å²) in [5.41, 5.74) is 1.21. The quantitative estimate of drug-likeness (QED) is 0.369. The van der Waals surface area contributed by atoms with Crippen LogP contribution in [0.2, 0.25) is 0 Å². The first kappa shape index (κ1) is 26.6. The fourth-order valence-electron chi connectivity index (χ4n) is 6.13. The van der Waals surface area contributed by atoms with Crippen LogP contribution in [0.5, 0.6) is 0 Å². The molecule has 196 valence electrons. The van der Waals surface area contributed by atoms with Crippen molar-refractivity contribution in [1.29, 1.82) is 0 Å². The summed E-state index contributed by atoms with van der Waals surface area (Å²) in [6.07, 6.45) is 4.76. The number of ether oxygens (including phenoxy) is 2. The monoisotopic (exact) mass is 498 g/mol. The van der Waals surface area contributed by atoms with Gasteiger partial charge in [-0.15, -0.1) is 0 Å². The van der Waals surface area contributed by atoms with Crippen molar-refractivity contribution in [3.8, 4) is 0 Å². The number of cyclic esters (lactones) is 1. The number of hydrogen-bond acceptors (Lipinski definition) is 8. The molecule has 8 nitrogen and oxygen atoms in total. The smallest absolute Gasteiger partial charge is 0.309 e. The van der Waals surface area contributed by atoms with Crippen LogP contribution in [0.4, 0.5) is 0 Å². The molecule has 3 heterocycles. The summed E-state index contributed by atoms with van der Waals surface area (Å²) in [6.45, 7) is 9.36. The number of carbonyl (C=O) groups excluding carboxylic acids is 2. The number of ketones is 1. The Morgan fingerprint density at radius 2 is 2.03 bits per heavy atom. The van der Waals surface area contributed by atoms with E-state index in [2.05, 4.69) is 17.1 Å². The van der Waals surface area contributed by atoms with Gasteiger partial charge in [0.1, 0.15) is 17.9 Å². The number of aryl methyl sites for hydroxylation is 1. The molecule has 2 bridgehead atoms. The molecule has 1 aromatic heterocycles. The molecule has 36 heavy (non-hydrogen) atoms. The SMILES string of the molecule is C/C(=C\c1ccc(C)cn1)[C@@H]1C[C@@H]2O[C@]2(C)CCC[C@@H]2C[C@@](C)(C(=O)[C@H](C)[C@H]2N=O)[C@@H](O)CC(=O)O1. The van der Waals surface area contributed by atoms with Crippen LogP contribution in [0.3, 0.4) is 0 Å². The number of hydrogen-bond donors (Lipinski definition) is 1. The van der Waals surface area contributed by atoms with Crippen LogP contribution in [0.15, 0.2) is 29.1 Å². The van der Waals surface area contributed by atoms with Crippen molar-refractivity contribution in [2.24, 2.45) is 22.4 Å². The number of carbonyl (C=O) groups is 2. The van der Waals surface area contributed by atoms with Crippen molar-refractivity contribution in [3.05, 3.63) is 40.1 Å². The van der Waals surface area contributed by atoms with E-state index in [0.29, 0.717) is 19.3 Å². The molecule has 0 aromatic carbocycles. The minimum atomic E-state index is -1.20. The number of aromatic nitrogens is 1. The first-order valence-corrected chi connectivity index (χ1v) is 13.0. The average molecular weight is 499 g/mol. The lowest BCUT2D eigenvalue weighted by molar-refractivity contribution is -0.157. The first-order valence-electron chi connectivity index (χ1n) is 13.0. The second-order valence-electron chi connectivity index (χ2n) is 11.5. The van der Waals surface area contributed by atoms with Gasteiger partial charge in [-0.2, -0.15) is 4.91 Å². The predicted octanol–water partition coefficient (Wildman–Crippen LogP) is 4.55. The van der Waals surface area contributed by atoms with Crippen molar-refractivity contribution in [2.45, 2.75) is 103 Å². The van der Waals surface area contributed by atoms with Gasteiger partial charge in [0.25, 0.3) is 0 Å². The van der Waals surface area contributed by atoms with Crippen molar-refractivity contribution >= 4 is 17.8 Å². The molecule has 2 aliphatic heterocycles. The van der Waals surface area contributed by atoms with Crippen LogP contribution in [0.25, 0.3) is 6.08 Å². The summed E-state index contributed by atoms with van der Waals surface area (Å²) < 4.78 is 12.0. The topological polar surface area (TPSA) is 118 Å². The molecule has 1 saturated carbocycles. The minimum Gasteiger partial charge on any atom is -0.458 e. The predicted molar refractivity (Wildman–Crippen MR) is 135 cm³/mol. The first-order chi connectivity index (χ1) is 17.0. The van der Waals surface area contributed by atoms with E-state index in [-0.39, 0.29) is 29.8 Å². The molecule has 3 aliphatic rings. The summed E-state index contributed by atoms with van der Waals surface area (Å²) in [7, 11) is 0. The number of fused-ring (bicyclic) bond motifs is 3. The Bertz CT molecular complexity index is 1040. The Balaban J connectivity index is 1.60. The Kier molecular flexibility index (Phi) is 7.49. The van der Waals surface area contributed by atoms with Gasteiger partial charge in [-0.3, -0.25) is 14.6 Å². The zero-order chi connectivity index (χ0) is 26.3. The Labute approximate surface area is 212 Å². The van der Waals surface area contributed by atoms with Crippen LogP contribution in [-0.2, 0) is 19.1 Å². The molecule has 0 spiro atoms. The van der Waals surface area contributed by atoms with Gasteiger partial charge in [-0.1, -0.05) is 31.5 Å². The van der Waals surface area contributed by atoms with E-state index in [1.807, 2.05) is 32.1 Å². The van der Waals surface area contributed by atoms with Gasteiger partial charge in [0, 0.05) is 18.5 Å². The molecule has 0 unspecified atom stereocenters. The van der Waals surface area contributed by atoms with Gasteiger partial charge in [0.15, 0.2) is 0 Å². The molecule has 2 saturated heterocycles. The molecular weight excluding hydrogens is 460 g/mol. The van der Waals surface area contributed by atoms with Gasteiger partial charge in [0.05, 0.1) is 35.3 Å². The van der Waals surface area contributed by atoms with Crippen molar-refractivity contribution in [3.63, 3.8) is 0 Å². The lowest BCUT2D eigenvalue weighted by atomic mass is 9.60. The number of nitroso groups, excluding NO2 is 1. The van der Waals surface area contributed by atoms with Crippen LogP contribution in [0, 0.1) is 29.1 Å². The number of aliphatic hydroxyl groups is 1. The van der Waals surface area contributed by atoms with Gasteiger partial charge in [-0.05, 0) is 69.2 Å². The maximum Gasteiger partial charge on any atom is 0.309 e. The van der Waals surface area contributed by atoms with Gasteiger partial charge < -0.3 is 14.6 Å². The average Bonchev–Trinajstić information content (AvgIpc) is 3.46. The molecule has 0 radical (unpaired) electrons. The summed E-state index contributed by atoms with van der Waals surface area (Å²) in [5.74, 6) is -1.52. The molecule has 0 amide bonds. The molecule has 8 heteroatoms. The number of epoxide rings is 1. The highest BCUT2D eigenvalue weighted by atomic mass is 16.6. The molecule has 8 atom stereocenters. The summed E-state index contributed by atoms with van der Waals surface area (Å²) in [5, 5.41) is 14.4. The van der Waals surface area contributed by atoms with Crippen LogP contribution < -0.4 is 0 Å².